The molecule has 2 aromatic carbocycles. The molecule has 4 nitrogen and oxygen atoms in total. The van der Waals surface area contributed by atoms with Crippen molar-refractivity contribution in [1.29, 1.82) is 0 Å². The number of carbonyl (C=O) groups is 2. The second kappa shape index (κ2) is 11.1. The number of unbranched alkanes of at least 4 members (excludes halogenated alkanes) is 1. The standard InChI is InChI=1S/C25H26F3NO3Se/c1-32-24(25(26,27)28,19-10-4-2-5-11-19)23(31)29(20-14-15-21(30)18-20)16-8-9-17-33-22-12-6-3-7-13-22/h2-7,10-13,18H,8-9,14-17H2,1H3/t24-/m0/s1. The molecule has 0 heterocycles. The van der Waals surface area contributed by atoms with Crippen molar-refractivity contribution in [3.63, 3.8) is 0 Å². The number of allylic oxidation sites excluding steroid dienone is 2. The van der Waals surface area contributed by atoms with Crippen molar-refractivity contribution in [3.8, 4) is 0 Å². The fraction of sp³-hybridized carbons (Fsp3) is 0.360. The van der Waals surface area contributed by atoms with Crippen molar-refractivity contribution in [2.75, 3.05) is 13.7 Å². The van der Waals surface area contributed by atoms with Crippen LogP contribution in [0, 0.1) is 0 Å². The van der Waals surface area contributed by atoms with Crippen LogP contribution in [0.5, 0.6) is 0 Å². The Morgan fingerprint density at radius 2 is 1.64 bits per heavy atom. The van der Waals surface area contributed by atoms with E-state index < -0.39 is 17.7 Å². The van der Waals surface area contributed by atoms with Crippen LogP contribution in [-0.2, 0) is 19.9 Å². The van der Waals surface area contributed by atoms with Crippen LogP contribution in [0.25, 0.3) is 0 Å². The molecule has 33 heavy (non-hydrogen) atoms. The average Bonchev–Trinajstić information content (AvgIpc) is 3.23. The number of rotatable bonds is 10. The van der Waals surface area contributed by atoms with Crippen molar-refractivity contribution in [2.45, 2.75) is 42.8 Å². The first-order valence-corrected chi connectivity index (χ1v) is 12.8. The minimum atomic E-state index is -4.99. The predicted octanol–water partition coefficient (Wildman–Crippen LogP) is 4.39. The molecular weight excluding hydrogens is 498 g/mol. The number of ether oxygens (including phenoxy) is 1. The Bertz CT molecular complexity index is 979. The van der Waals surface area contributed by atoms with Gasteiger partial charge in [-0.2, -0.15) is 0 Å². The second-order valence-electron chi connectivity index (χ2n) is 7.68. The normalized spacial score (nSPS) is 15.8. The number of hydrogen-bond donors (Lipinski definition) is 0. The average molecular weight is 524 g/mol. The van der Waals surface area contributed by atoms with Crippen LogP contribution in [0.2, 0.25) is 5.32 Å². The van der Waals surface area contributed by atoms with E-state index in [1.807, 2.05) is 18.2 Å². The van der Waals surface area contributed by atoms with Crippen molar-refractivity contribution >= 4 is 31.1 Å². The third-order valence-corrected chi connectivity index (χ3v) is 7.83. The summed E-state index contributed by atoms with van der Waals surface area (Å²) in [6.07, 6.45) is -1.99. The zero-order valence-electron chi connectivity index (χ0n) is 18.3. The van der Waals surface area contributed by atoms with E-state index in [9.17, 15) is 22.8 Å². The number of hydrogen-bond acceptors (Lipinski definition) is 3. The molecule has 8 heteroatoms. The zero-order chi connectivity index (χ0) is 23.9. The summed E-state index contributed by atoms with van der Waals surface area (Å²) in [6.45, 7) is 0.0941. The Morgan fingerprint density at radius 3 is 2.18 bits per heavy atom. The quantitative estimate of drug-likeness (QED) is 0.342. The molecule has 1 aliphatic carbocycles. The number of benzene rings is 2. The summed E-state index contributed by atoms with van der Waals surface area (Å²) in [5, 5.41) is 0.907. The maximum absolute atomic E-state index is 14.4. The monoisotopic (exact) mass is 525 g/mol. The zero-order valence-corrected chi connectivity index (χ0v) is 20.0. The topological polar surface area (TPSA) is 46.6 Å². The van der Waals surface area contributed by atoms with Crippen LogP contribution in [-0.4, -0.2) is 51.4 Å². The first kappa shape index (κ1) is 25.2. The summed E-state index contributed by atoms with van der Waals surface area (Å²) in [5.74, 6) is -1.40. The van der Waals surface area contributed by atoms with Gasteiger partial charge in [0.15, 0.2) is 0 Å². The number of methoxy groups -OCH3 is 1. The molecule has 0 radical (unpaired) electrons. The van der Waals surface area contributed by atoms with Crippen LogP contribution in [0.15, 0.2) is 72.4 Å². The maximum atomic E-state index is 14.4. The van der Waals surface area contributed by atoms with Crippen molar-refractivity contribution < 1.29 is 27.5 Å². The van der Waals surface area contributed by atoms with Crippen LogP contribution in [0.4, 0.5) is 13.2 Å². The van der Waals surface area contributed by atoms with Gasteiger partial charge in [0.05, 0.1) is 0 Å². The van der Waals surface area contributed by atoms with Crippen molar-refractivity contribution in [3.05, 3.63) is 78.0 Å². The van der Waals surface area contributed by atoms with Crippen LogP contribution < -0.4 is 4.46 Å². The number of amides is 1. The fourth-order valence-electron chi connectivity index (χ4n) is 3.84. The van der Waals surface area contributed by atoms with E-state index in [0.29, 0.717) is 12.1 Å². The van der Waals surface area contributed by atoms with Gasteiger partial charge >= 0.3 is 198 Å². The van der Waals surface area contributed by atoms with Crippen LogP contribution in [0.1, 0.15) is 31.2 Å². The summed E-state index contributed by atoms with van der Waals surface area (Å²) in [6, 6.07) is 17.0. The molecule has 3 rings (SSSR count). The molecule has 0 fully saturated rings. The number of alkyl halides is 3. The van der Waals surface area contributed by atoms with Gasteiger partial charge in [-0.1, -0.05) is 0 Å². The predicted molar refractivity (Wildman–Crippen MR) is 121 cm³/mol. The first-order chi connectivity index (χ1) is 15.8. The summed E-state index contributed by atoms with van der Waals surface area (Å²) in [5.41, 5.74) is -3.11. The molecule has 0 saturated carbocycles. The van der Waals surface area contributed by atoms with E-state index in [1.54, 1.807) is 6.07 Å². The molecule has 1 atom stereocenters. The number of carbonyl (C=O) groups excluding carboxylic acids is 2. The van der Waals surface area contributed by atoms with Gasteiger partial charge in [0.1, 0.15) is 0 Å². The molecule has 0 N–H and O–H groups in total. The van der Waals surface area contributed by atoms with Gasteiger partial charge in [0, 0.05) is 0 Å². The molecule has 1 aliphatic rings. The number of ketones is 1. The molecule has 0 bridgehead atoms. The molecule has 0 aromatic heterocycles. The van der Waals surface area contributed by atoms with Crippen molar-refractivity contribution in [2.24, 2.45) is 0 Å². The van der Waals surface area contributed by atoms with E-state index in [0.717, 1.165) is 23.7 Å². The first-order valence-electron chi connectivity index (χ1n) is 10.7. The summed E-state index contributed by atoms with van der Waals surface area (Å²) in [4.78, 5) is 26.5. The molecule has 2 aromatic rings. The van der Waals surface area contributed by atoms with Gasteiger partial charge < -0.3 is 0 Å². The molecule has 0 spiro atoms. The number of nitrogens with zero attached hydrogens (tertiary/aromatic N) is 1. The van der Waals surface area contributed by atoms with E-state index in [2.05, 4.69) is 12.1 Å². The van der Waals surface area contributed by atoms with Gasteiger partial charge in [0.25, 0.3) is 0 Å². The fourth-order valence-corrected chi connectivity index (χ4v) is 5.80. The minimum absolute atomic E-state index is 0.0941. The van der Waals surface area contributed by atoms with E-state index >= 15 is 0 Å². The molecule has 0 unspecified atom stereocenters. The molecule has 0 aliphatic heterocycles. The van der Waals surface area contributed by atoms with Crippen LogP contribution in [0.3, 0.4) is 0 Å². The molecular formula is C25H26F3NO3Se. The van der Waals surface area contributed by atoms with Crippen LogP contribution >= 0.6 is 0 Å². The Kier molecular flexibility index (Phi) is 8.51. The SMILES string of the molecule is CO[C@](C(=O)N(CCCC[Se]c1ccccc1)C1=CC(=O)CC1)(c1ccccc1)C(F)(F)F. The van der Waals surface area contributed by atoms with Gasteiger partial charge in [-0.15, -0.1) is 0 Å². The molecule has 0 saturated heterocycles. The van der Waals surface area contributed by atoms with Crippen molar-refractivity contribution in [1.82, 2.24) is 4.90 Å². The van der Waals surface area contributed by atoms with E-state index in [-0.39, 0.29) is 45.7 Å². The van der Waals surface area contributed by atoms with Gasteiger partial charge in [-0.05, 0) is 0 Å². The Morgan fingerprint density at radius 1 is 1.00 bits per heavy atom. The summed E-state index contributed by atoms with van der Waals surface area (Å²) >= 11 is 0.255. The Hall–Kier alpha value is -2.41. The Balaban J connectivity index is 1.82. The molecule has 1 amide bonds. The Labute approximate surface area is 198 Å². The summed E-state index contributed by atoms with van der Waals surface area (Å²) < 4.78 is 49.5. The van der Waals surface area contributed by atoms with Gasteiger partial charge in [-0.25, -0.2) is 0 Å². The summed E-state index contributed by atoms with van der Waals surface area (Å²) in [7, 11) is 0.896. The van der Waals surface area contributed by atoms with Gasteiger partial charge in [0.2, 0.25) is 0 Å². The third-order valence-electron chi connectivity index (χ3n) is 5.52. The third kappa shape index (κ3) is 5.75. The second-order valence-corrected chi connectivity index (χ2v) is 10.1. The van der Waals surface area contributed by atoms with Gasteiger partial charge in [-0.3, -0.25) is 0 Å². The van der Waals surface area contributed by atoms with E-state index in [1.165, 1.54) is 34.8 Å². The number of halogens is 3. The van der Waals surface area contributed by atoms with E-state index in [4.69, 9.17) is 4.74 Å². The molecule has 176 valence electrons.